The van der Waals surface area contributed by atoms with Crippen molar-refractivity contribution in [1.82, 2.24) is 5.32 Å². The van der Waals surface area contributed by atoms with Gasteiger partial charge in [0.15, 0.2) is 0 Å². The number of alkyl carbamates (subject to hydrolysis) is 1. The van der Waals surface area contributed by atoms with Crippen molar-refractivity contribution >= 4 is 6.09 Å². The number of amides is 1. The van der Waals surface area contributed by atoms with Gasteiger partial charge in [-0.3, -0.25) is 0 Å². The normalized spacial score (nSPS) is 18.5. The lowest BCUT2D eigenvalue weighted by Crippen LogP contribution is -2.34. The van der Waals surface area contributed by atoms with E-state index in [1.165, 1.54) is 0 Å². The summed E-state index contributed by atoms with van der Waals surface area (Å²) in [5.41, 5.74) is 5.72. The van der Waals surface area contributed by atoms with E-state index in [0.717, 1.165) is 12.8 Å². The first-order chi connectivity index (χ1) is 5.72. The van der Waals surface area contributed by atoms with Crippen molar-refractivity contribution in [3.05, 3.63) is 0 Å². The standard InChI is InChI=1S/C8H16N2O2/c1-2-12-7(11)10-6-8(5-9)3-4-8/h2-6,9H2,1H3,(H,10,11). The van der Waals surface area contributed by atoms with Crippen LogP contribution in [0.3, 0.4) is 0 Å². The fourth-order valence-corrected chi connectivity index (χ4v) is 1.07. The van der Waals surface area contributed by atoms with Gasteiger partial charge in [-0.15, -0.1) is 0 Å². The molecule has 0 spiro atoms. The zero-order chi connectivity index (χ0) is 9.03. The van der Waals surface area contributed by atoms with Crippen LogP contribution >= 0.6 is 0 Å². The molecule has 0 bridgehead atoms. The van der Waals surface area contributed by atoms with Crippen LogP contribution in [0.5, 0.6) is 0 Å². The number of nitrogens with two attached hydrogens (primary N) is 1. The molecule has 4 heteroatoms. The molecular weight excluding hydrogens is 156 g/mol. The van der Waals surface area contributed by atoms with Gasteiger partial charge in [0.1, 0.15) is 0 Å². The van der Waals surface area contributed by atoms with Gasteiger partial charge in [-0.1, -0.05) is 0 Å². The highest BCUT2D eigenvalue weighted by Crippen LogP contribution is 2.43. The van der Waals surface area contributed by atoms with E-state index in [9.17, 15) is 4.79 Å². The topological polar surface area (TPSA) is 64.3 Å². The predicted molar refractivity (Wildman–Crippen MR) is 45.7 cm³/mol. The second-order valence-corrected chi connectivity index (χ2v) is 3.28. The Kier molecular flexibility index (Phi) is 2.92. The molecule has 1 saturated carbocycles. The number of nitrogens with one attached hydrogen (secondary N) is 1. The molecule has 4 nitrogen and oxygen atoms in total. The Morgan fingerprint density at radius 3 is 2.75 bits per heavy atom. The molecule has 70 valence electrons. The van der Waals surface area contributed by atoms with E-state index in [4.69, 9.17) is 10.5 Å². The monoisotopic (exact) mass is 172 g/mol. The Balaban J connectivity index is 2.12. The summed E-state index contributed by atoms with van der Waals surface area (Å²) in [5, 5.41) is 2.70. The smallest absolute Gasteiger partial charge is 0.407 e. The summed E-state index contributed by atoms with van der Waals surface area (Å²) in [6.45, 7) is 3.51. The molecule has 0 atom stereocenters. The SMILES string of the molecule is CCOC(=O)NCC1(CN)CC1. The quantitative estimate of drug-likeness (QED) is 0.648. The van der Waals surface area contributed by atoms with E-state index in [-0.39, 0.29) is 11.5 Å². The second-order valence-electron chi connectivity index (χ2n) is 3.28. The summed E-state index contributed by atoms with van der Waals surface area (Å²) in [6.07, 6.45) is 1.91. The van der Waals surface area contributed by atoms with Crippen molar-refractivity contribution in [2.45, 2.75) is 19.8 Å². The molecule has 0 aromatic rings. The van der Waals surface area contributed by atoms with Gasteiger partial charge in [0.25, 0.3) is 0 Å². The molecule has 1 aliphatic rings. The second kappa shape index (κ2) is 3.76. The van der Waals surface area contributed by atoms with Crippen LogP contribution in [0.25, 0.3) is 0 Å². The number of hydrogen-bond donors (Lipinski definition) is 2. The summed E-state index contributed by atoms with van der Waals surface area (Å²) in [5.74, 6) is 0. The molecule has 0 aromatic carbocycles. The maximum Gasteiger partial charge on any atom is 0.407 e. The molecule has 1 aliphatic carbocycles. The van der Waals surface area contributed by atoms with Gasteiger partial charge in [0, 0.05) is 12.0 Å². The highest BCUT2D eigenvalue weighted by atomic mass is 16.5. The molecule has 0 radical (unpaired) electrons. The molecule has 3 N–H and O–H groups in total. The zero-order valence-electron chi connectivity index (χ0n) is 7.43. The minimum Gasteiger partial charge on any atom is -0.450 e. The lowest BCUT2D eigenvalue weighted by atomic mass is 10.1. The Morgan fingerprint density at radius 2 is 2.33 bits per heavy atom. The van der Waals surface area contributed by atoms with Crippen molar-refractivity contribution < 1.29 is 9.53 Å². The van der Waals surface area contributed by atoms with Crippen molar-refractivity contribution in [1.29, 1.82) is 0 Å². The van der Waals surface area contributed by atoms with Crippen LogP contribution in [0.15, 0.2) is 0 Å². The van der Waals surface area contributed by atoms with E-state index in [2.05, 4.69) is 5.32 Å². The molecule has 0 unspecified atom stereocenters. The van der Waals surface area contributed by atoms with Gasteiger partial charge in [-0.2, -0.15) is 0 Å². The van der Waals surface area contributed by atoms with Crippen molar-refractivity contribution in [3.63, 3.8) is 0 Å². The van der Waals surface area contributed by atoms with Gasteiger partial charge in [-0.05, 0) is 26.3 Å². The molecule has 1 rings (SSSR count). The molecule has 0 heterocycles. The first-order valence-corrected chi connectivity index (χ1v) is 4.33. The first kappa shape index (κ1) is 9.32. The Bertz CT molecular complexity index is 166. The van der Waals surface area contributed by atoms with Gasteiger partial charge >= 0.3 is 6.09 Å². The number of carbonyl (C=O) groups excluding carboxylic acids is 1. The van der Waals surface area contributed by atoms with Crippen LogP contribution in [0.2, 0.25) is 0 Å². The van der Waals surface area contributed by atoms with Crippen LogP contribution < -0.4 is 11.1 Å². The molecule has 12 heavy (non-hydrogen) atoms. The third-order valence-electron chi connectivity index (χ3n) is 2.27. The largest absolute Gasteiger partial charge is 0.450 e. The highest BCUT2D eigenvalue weighted by Gasteiger charge is 2.41. The van der Waals surface area contributed by atoms with Crippen molar-refractivity contribution in [2.24, 2.45) is 11.1 Å². The third-order valence-corrected chi connectivity index (χ3v) is 2.27. The van der Waals surface area contributed by atoms with Crippen LogP contribution in [-0.4, -0.2) is 25.8 Å². The molecule has 0 aromatic heterocycles. The Labute approximate surface area is 72.5 Å². The lowest BCUT2D eigenvalue weighted by Gasteiger charge is -2.12. The summed E-state index contributed by atoms with van der Waals surface area (Å²) < 4.78 is 4.72. The van der Waals surface area contributed by atoms with Crippen LogP contribution in [-0.2, 0) is 4.74 Å². The Hall–Kier alpha value is -0.770. The predicted octanol–water partition coefficient (Wildman–Crippen LogP) is 0.471. The van der Waals surface area contributed by atoms with E-state index < -0.39 is 0 Å². The van der Waals surface area contributed by atoms with E-state index >= 15 is 0 Å². The van der Waals surface area contributed by atoms with E-state index in [0.29, 0.717) is 19.7 Å². The summed E-state index contributed by atoms with van der Waals surface area (Å²) in [4.78, 5) is 10.9. The minimum absolute atomic E-state index is 0.187. The van der Waals surface area contributed by atoms with E-state index in [1.807, 2.05) is 0 Å². The number of carbonyl (C=O) groups is 1. The lowest BCUT2D eigenvalue weighted by molar-refractivity contribution is 0.150. The van der Waals surface area contributed by atoms with Crippen LogP contribution in [0.1, 0.15) is 19.8 Å². The molecule has 1 fully saturated rings. The van der Waals surface area contributed by atoms with Crippen molar-refractivity contribution in [3.8, 4) is 0 Å². The summed E-state index contributed by atoms with van der Waals surface area (Å²) in [7, 11) is 0. The molecule has 1 amide bonds. The molecule has 0 aliphatic heterocycles. The number of hydrogen-bond acceptors (Lipinski definition) is 3. The van der Waals surface area contributed by atoms with Crippen LogP contribution in [0, 0.1) is 5.41 Å². The highest BCUT2D eigenvalue weighted by molar-refractivity contribution is 5.67. The maximum absolute atomic E-state index is 10.9. The third kappa shape index (κ3) is 2.37. The Morgan fingerprint density at radius 1 is 1.67 bits per heavy atom. The van der Waals surface area contributed by atoms with Gasteiger partial charge in [0.2, 0.25) is 0 Å². The molecule has 0 saturated heterocycles. The van der Waals surface area contributed by atoms with Gasteiger partial charge in [0.05, 0.1) is 6.61 Å². The van der Waals surface area contributed by atoms with Gasteiger partial charge < -0.3 is 15.8 Å². The first-order valence-electron chi connectivity index (χ1n) is 4.33. The van der Waals surface area contributed by atoms with E-state index in [1.54, 1.807) is 6.92 Å². The fraction of sp³-hybridized carbons (Fsp3) is 0.875. The number of rotatable bonds is 4. The summed E-state index contributed by atoms with van der Waals surface area (Å²) in [6, 6.07) is 0. The van der Waals surface area contributed by atoms with Crippen molar-refractivity contribution in [2.75, 3.05) is 19.7 Å². The minimum atomic E-state index is -0.336. The van der Waals surface area contributed by atoms with Crippen LogP contribution in [0.4, 0.5) is 4.79 Å². The average Bonchev–Trinajstić information content (AvgIpc) is 2.82. The van der Waals surface area contributed by atoms with Gasteiger partial charge in [-0.25, -0.2) is 4.79 Å². The molecular formula is C8H16N2O2. The fourth-order valence-electron chi connectivity index (χ4n) is 1.07. The average molecular weight is 172 g/mol. The zero-order valence-corrected chi connectivity index (χ0v) is 7.43. The summed E-state index contributed by atoms with van der Waals surface area (Å²) >= 11 is 0. The maximum atomic E-state index is 10.9. The number of ether oxygens (including phenoxy) is 1.